The molecule has 2 heteroatoms. The minimum Gasteiger partial charge on any atom is -0.393 e. The number of aliphatic hydroxyl groups is 1. The maximum atomic E-state index is 10.5. The first-order valence-corrected chi connectivity index (χ1v) is 7.18. The van der Waals surface area contributed by atoms with Crippen molar-refractivity contribution in [1.82, 2.24) is 0 Å². The smallest absolute Gasteiger partial charge is 0.0700 e. The molecular weight excluding hydrogens is 212 g/mol. The van der Waals surface area contributed by atoms with Gasteiger partial charge in [0.25, 0.3) is 0 Å². The fraction of sp³-hybridized carbons (Fsp3) is 1.00. The average molecular weight is 238 g/mol. The van der Waals surface area contributed by atoms with Crippen molar-refractivity contribution in [2.45, 2.75) is 77.1 Å². The first-order chi connectivity index (χ1) is 7.80. The third-order valence-corrected chi connectivity index (χ3v) is 6.07. The largest absolute Gasteiger partial charge is 0.393 e. The lowest BCUT2D eigenvalue weighted by Gasteiger charge is -2.54. The monoisotopic (exact) mass is 238 g/mol. The Labute approximate surface area is 105 Å². The molecule has 0 amide bonds. The highest BCUT2D eigenvalue weighted by molar-refractivity contribution is 5.14. The molecule has 0 aromatic rings. The van der Waals surface area contributed by atoms with Gasteiger partial charge in [-0.2, -0.15) is 0 Å². The minimum absolute atomic E-state index is 0.00255. The van der Waals surface area contributed by atoms with Gasteiger partial charge in [-0.15, -0.1) is 0 Å². The van der Waals surface area contributed by atoms with Gasteiger partial charge in [0.2, 0.25) is 0 Å². The molecule has 2 saturated carbocycles. The van der Waals surface area contributed by atoms with Crippen LogP contribution in [0.2, 0.25) is 0 Å². The van der Waals surface area contributed by atoms with Crippen molar-refractivity contribution in [2.75, 3.05) is 0 Å². The van der Waals surface area contributed by atoms with Gasteiger partial charge in [-0.1, -0.05) is 13.3 Å². The van der Waals surface area contributed by atoms with Crippen molar-refractivity contribution < 1.29 is 9.84 Å². The molecule has 0 spiro atoms. The molecule has 1 aliphatic heterocycles. The molecule has 1 N–H and O–H groups in total. The van der Waals surface area contributed by atoms with Gasteiger partial charge >= 0.3 is 0 Å². The SMILES string of the molecule is CC1(C)O[C@]2(C)CC[C@@H](O)[C@]3(C)CCC[C@H]1[C@H]32. The van der Waals surface area contributed by atoms with Gasteiger partial charge in [0, 0.05) is 5.92 Å². The second kappa shape index (κ2) is 3.27. The molecular formula is C15H26O2. The van der Waals surface area contributed by atoms with Crippen LogP contribution >= 0.6 is 0 Å². The fourth-order valence-electron chi connectivity index (χ4n) is 5.43. The van der Waals surface area contributed by atoms with Crippen LogP contribution in [0, 0.1) is 17.3 Å². The van der Waals surface area contributed by atoms with Gasteiger partial charge in [0.05, 0.1) is 17.3 Å². The van der Waals surface area contributed by atoms with E-state index in [-0.39, 0.29) is 22.7 Å². The Morgan fingerprint density at radius 1 is 1.06 bits per heavy atom. The molecule has 3 fully saturated rings. The fourth-order valence-corrected chi connectivity index (χ4v) is 5.43. The van der Waals surface area contributed by atoms with Crippen LogP contribution in [0.25, 0.3) is 0 Å². The van der Waals surface area contributed by atoms with E-state index in [0.29, 0.717) is 11.8 Å². The number of hydrogen-bond acceptors (Lipinski definition) is 2. The predicted molar refractivity (Wildman–Crippen MR) is 67.7 cm³/mol. The third kappa shape index (κ3) is 1.40. The summed E-state index contributed by atoms with van der Waals surface area (Å²) in [5.41, 5.74) is 0.0808. The minimum atomic E-state index is -0.124. The van der Waals surface area contributed by atoms with E-state index in [4.69, 9.17) is 4.74 Å². The lowest BCUT2D eigenvalue weighted by atomic mass is 9.50. The molecule has 1 heterocycles. The van der Waals surface area contributed by atoms with E-state index < -0.39 is 0 Å². The summed E-state index contributed by atoms with van der Waals surface area (Å²) < 4.78 is 6.46. The van der Waals surface area contributed by atoms with Crippen molar-refractivity contribution in [3.63, 3.8) is 0 Å². The molecule has 3 aliphatic rings. The quantitative estimate of drug-likeness (QED) is 0.702. The lowest BCUT2D eigenvalue weighted by molar-refractivity contribution is -0.158. The van der Waals surface area contributed by atoms with E-state index in [9.17, 15) is 5.11 Å². The Morgan fingerprint density at radius 2 is 1.76 bits per heavy atom. The Morgan fingerprint density at radius 3 is 2.47 bits per heavy atom. The van der Waals surface area contributed by atoms with Gasteiger partial charge in [0.15, 0.2) is 0 Å². The molecule has 0 radical (unpaired) electrons. The number of hydrogen-bond donors (Lipinski definition) is 1. The molecule has 98 valence electrons. The van der Waals surface area contributed by atoms with Crippen LogP contribution in [0.1, 0.15) is 59.8 Å². The van der Waals surface area contributed by atoms with E-state index in [0.717, 1.165) is 12.8 Å². The van der Waals surface area contributed by atoms with Crippen LogP contribution in [-0.2, 0) is 4.74 Å². The van der Waals surface area contributed by atoms with Crippen molar-refractivity contribution in [3.8, 4) is 0 Å². The second-order valence-electron chi connectivity index (χ2n) is 7.55. The molecule has 17 heavy (non-hydrogen) atoms. The summed E-state index contributed by atoms with van der Waals surface area (Å²) in [5.74, 6) is 1.17. The summed E-state index contributed by atoms with van der Waals surface area (Å²) >= 11 is 0. The van der Waals surface area contributed by atoms with Crippen molar-refractivity contribution >= 4 is 0 Å². The lowest BCUT2D eigenvalue weighted by Crippen LogP contribution is -2.56. The molecule has 0 bridgehead atoms. The zero-order chi connectivity index (χ0) is 12.5. The topological polar surface area (TPSA) is 29.5 Å². The second-order valence-corrected chi connectivity index (χ2v) is 7.55. The van der Waals surface area contributed by atoms with Crippen LogP contribution in [-0.4, -0.2) is 22.4 Å². The Hall–Kier alpha value is -0.0800. The Balaban J connectivity index is 2.07. The summed E-state index contributed by atoms with van der Waals surface area (Å²) in [6, 6.07) is 0. The van der Waals surface area contributed by atoms with E-state index in [1.54, 1.807) is 0 Å². The molecule has 2 nitrogen and oxygen atoms in total. The summed E-state index contributed by atoms with van der Waals surface area (Å²) in [4.78, 5) is 0. The van der Waals surface area contributed by atoms with Gasteiger partial charge in [-0.25, -0.2) is 0 Å². The van der Waals surface area contributed by atoms with Crippen LogP contribution in [0.4, 0.5) is 0 Å². The summed E-state index contributed by atoms with van der Waals surface area (Å²) in [7, 11) is 0. The standard InChI is InChI=1S/C15H26O2/c1-13(2)10-6-5-8-14(3)11(16)7-9-15(4,17-13)12(10)14/h10-12,16H,5-9H2,1-4H3/t10-,11+,12+,14-,15+/m0/s1. The summed E-state index contributed by atoms with van der Waals surface area (Å²) in [5, 5.41) is 10.5. The maximum Gasteiger partial charge on any atom is 0.0700 e. The third-order valence-electron chi connectivity index (χ3n) is 6.07. The van der Waals surface area contributed by atoms with E-state index in [1.165, 1.54) is 19.3 Å². The Bertz CT molecular complexity index is 338. The molecule has 3 rings (SSSR count). The average Bonchev–Trinajstić information content (AvgIpc) is 2.44. The van der Waals surface area contributed by atoms with Gasteiger partial charge < -0.3 is 9.84 Å². The number of ether oxygens (including phenoxy) is 1. The maximum absolute atomic E-state index is 10.5. The first kappa shape index (κ1) is 12.0. The molecule has 0 unspecified atom stereocenters. The van der Waals surface area contributed by atoms with Crippen molar-refractivity contribution in [2.24, 2.45) is 17.3 Å². The Kier molecular flexibility index (Phi) is 2.30. The normalized spacial score (nSPS) is 56.6. The molecule has 0 aromatic carbocycles. The van der Waals surface area contributed by atoms with E-state index in [2.05, 4.69) is 27.7 Å². The highest BCUT2D eigenvalue weighted by atomic mass is 16.5. The van der Waals surface area contributed by atoms with Gasteiger partial charge in [-0.05, 0) is 57.8 Å². The number of rotatable bonds is 0. The summed E-state index contributed by atoms with van der Waals surface area (Å²) in [6.07, 6.45) is 5.50. The predicted octanol–water partition coefficient (Wildman–Crippen LogP) is 3.13. The van der Waals surface area contributed by atoms with Crippen LogP contribution in [0.3, 0.4) is 0 Å². The van der Waals surface area contributed by atoms with Gasteiger partial charge in [-0.3, -0.25) is 0 Å². The van der Waals surface area contributed by atoms with Gasteiger partial charge in [0.1, 0.15) is 0 Å². The zero-order valence-corrected chi connectivity index (χ0v) is 11.6. The molecule has 2 aliphatic carbocycles. The summed E-state index contributed by atoms with van der Waals surface area (Å²) in [6.45, 7) is 9.09. The van der Waals surface area contributed by atoms with E-state index >= 15 is 0 Å². The van der Waals surface area contributed by atoms with Crippen LogP contribution < -0.4 is 0 Å². The zero-order valence-electron chi connectivity index (χ0n) is 11.6. The van der Waals surface area contributed by atoms with Crippen LogP contribution in [0.15, 0.2) is 0 Å². The molecule has 1 saturated heterocycles. The van der Waals surface area contributed by atoms with Crippen LogP contribution in [0.5, 0.6) is 0 Å². The van der Waals surface area contributed by atoms with Crippen molar-refractivity contribution in [1.29, 1.82) is 0 Å². The highest BCUT2D eigenvalue weighted by Gasteiger charge is 2.66. The number of aliphatic hydroxyl groups excluding tert-OH is 1. The molecule has 5 atom stereocenters. The van der Waals surface area contributed by atoms with E-state index in [1.807, 2.05) is 0 Å². The highest BCUT2D eigenvalue weighted by Crippen LogP contribution is 2.64. The molecule has 0 aromatic heterocycles. The first-order valence-electron chi connectivity index (χ1n) is 7.18. The van der Waals surface area contributed by atoms with Crippen molar-refractivity contribution in [3.05, 3.63) is 0 Å².